The Kier molecular flexibility index (Phi) is 8.25. The van der Waals surface area contributed by atoms with Crippen molar-refractivity contribution in [1.29, 1.82) is 5.26 Å². The molecule has 0 saturated heterocycles. The molecule has 0 aliphatic heterocycles. The van der Waals surface area contributed by atoms with E-state index in [-0.39, 0.29) is 5.57 Å². The minimum absolute atomic E-state index is 0.00439. The first-order valence-corrected chi connectivity index (χ1v) is 9.89. The van der Waals surface area contributed by atoms with Gasteiger partial charge in [-0.3, -0.25) is 4.79 Å². The maximum Gasteiger partial charge on any atom is 0.266 e. The summed E-state index contributed by atoms with van der Waals surface area (Å²) in [6, 6.07) is 11.3. The molecule has 1 N–H and O–H groups in total. The lowest BCUT2D eigenvalue weighted by Gasteiger charge is -2.15. The SMILES string of the molecule is C=CCc1cc(/C=C(\C#N)C(=O)Nc2cccc(C)c2C)cc(OC)c1OCCC. The van der Waals surface area contributed by atoms with Crippen molar-refractivity contribution in [2.24, 2.45) is 0 Å². The summed E-state index contributed by atoms with van der Waals surface area (Å²) in [6.45, 7) is 10.3. The molecular formula is C25H28N2O3. The van der Waals surface area contributed by atoms with Crippen LogP contribution in [0.1, 0.15) is 35.6 Å². The summed E-state index contributed by atoms with van der Waals surface area (Å²) < 4.78 is 11.4. The number of methoxy groups -OCH3 is 1. The van der Waals surface area contributed by atoms with Crippen molar-refractivity contribution in [3.05, 3.63) is 70.8 Å². The van der Waals surface area contributed by atoms with Crippen LogP contribution < -0.4 is 14.8 Å². The zero-order valence-electron chi connectivity index (χ0n) is 18.0. The number of nitriles is 1. The van der Waals surface area contributed by atoms with Crippen LogP contribution >= 0.6 is 0 Å². The number of nitrogens with zero attached hydrogens (tertiary/aromatic N) is 1. The summed E-state index contributed by atoms with van der Waals surface area (Å²) in [5.41, 5.74) is 4.29. The molecule has 2 rings (SSSR count). The fourth-order valence-electron chi connectivity index (χ4n) is 2.99. The lowest BCUT2D eigenvalue weighted by atomic mass is 10.0. The van der Waals surface area contributed by atoms with Gasteiger partial charge in [-0.1, -0.05) is 25.1 Å². The van der Waals surface area contributed by atoms with Crippen molar-refractivity contribution in [3.8, 4) is 17.6 Å². The normalized spacial score (nSPS) is 10.8. The first-order chi connectivity index (χ1) is 14.4. The van der Waals surface area contributed by atoms with Crippen LogP contribution in [0, 0.1) is 25.2 Å². The summed E-state index contributed by atoms with van der Waals surface area (Å²) in [6.07, 6.45) is 4.78. The topological polar surface area (TPSA) is 71.4 Å². The number of allylic oxidation sites excluding steroid dienone is 1. The largest absolute Gasteiger partial charge is 0.493 e. The molecule has 0 aliphatic carbocycles. The predicted molar refractivity (Wildman–Crippen MR) is 121 cm³/mol. The molecule has 0 aromatic heterocycles. The average molecular weight is 405 g/mol. The number of nitrogens with one attached hydrogen (secondary N) is 1. The van der Waals surface area contributed by atoms with Gasteiger partial charge < -0.3 is 14.8 Å². The second kappa shape index (κ2) is 10.9. The van der Waals surface area contributed by atoms with Crippen molar-refractivity contribution >= 4 is 17.7 Å². The van der Waals surface area contributed by atoms with E-state index >= 15 is 0 Å². The van der Waals surface area contributed by atoms with Gasteiger partial charge in [-0.15, -0.1) is 6.58 Å². The van der Waals surface area contributed by atoms with E-state index in [0.29, 0.717) is 35.8 Å². The second-order valence-corrected chi connectivity index (χ2v) is 6.92. The Morgan fingerprint density at radius 3 is 2.70 bits per heavy atom. The van der Waals surface area contributed by atoms with E-state index in [0.717, 1.165) is 23.1 Å². The van der Waals surface area contributed by atoms with Gasteiger partial charge in [0.1, 0.15) is 11.6 Å². The molecule has 0 spiro atoms. The molecule has 0 fully saturated rings. The molecule has 0 atom stereocenters. The maximum absolute atomic E-state index is 12.7. The van der Waals surface area contributed by atoms with Crippen molar-refractivity contribution in [2.45, 2.75) is 33.6 Å². The molecule has 1 amide bonds. The number of benzene rings is 2. The maximum atomic E-state index is 12.7. The van der Waals surface area contributed by atoms with Gasteiger partial charge in [-0.2, -0.15) is 5.26 Å². The third kappa shape index (κ3) is 5.51. The molecule has 0 unspecified atom stereocenters. The van der Waals surface area contributed by atoms with Crippen LogP contribution in [0.5, 0.6) is 11.5 Å². The number of carbonyl (C=O) groups is 1. The fraction of sp³-hybridized carbons (Fsp3) is 0.280. The van der Waals surface area contributed by atoms with Gasteiger partial charge in [0.05, 0.1) is 13.7 Å². The molecule has 5 heteroatoms. The van der Waals surface area contributed by atoms with Gasteiger partial charge in [-0.25, -0.2) is 0 Å². The van der Waals surface area contributed by atoms with Crippen LogP contribution in [0.25, 0.3) is 6.08 Å². The minimum Gasteiger partial charge on any atom is -0.493 e. The first kappa shape index (κ1) is 22.8. The lowest BCUT2D eigenvalue weighted by Crippen LogP contribution is -2.14. The molecule has 30 heavy (non-hydrogen) atoms. The van der Waals surface area contributed by atoms with Gasteiger partial charge in [0.15, 0.2) is 11.5 Å². The fourth-order valence-corrected chi connectivity index (χ4v) is 2.99. The van der Waals surface area contributed by atoms with Crippen molar-refractivity contribution in [1.82, 2.24) is 0 Å². The third-order valence-corrected chi connectivity index (χ3v) is 4.72. The van der Waals surface area contributed by atoms with E-state index < -0.39 is 5.91 Å². The molecule has 0 bridgehead atoms. The van der Waals surface area contributed by atoms with Crippen LogP contribution in [0.15, 0.2) is 48.6 Å². The van der Waals surface area contributed by atoms with E-state index in [1.807, 2.05) is 51.1 Å². The highest BCUT2D eigenvalue weighted by atomic mass is 16.5. The third-order valence-electron chi connectivity index (χ3n) is 4.72. The summed E-state index contributed by atoms with van der Waals surface area (Å²) in [7, 11) is 1.57. The minimum atomic E-state index is -0.457. The predicted octanol–water partition coefficient (Wildman–Crippen LogP) is 5.38. The molecule has 2 aromatic carbocycles. The molecule has 0 aliphatic rings. The van der Waals surface area contributed by atoms with Gasteiger partial charge in [-0.05, 0) is 67.7 Å². The number of carbonyl (C=O) groups excluding carboxylic acids is 1. The quantitative estimate of drug-likeness (QED) is 0.346. The highest BCUT2D eigenvalue weighted by molar-refractivity contribution is 6.10. The zero-order valence-corrected chi connectivity index (χ0v) is 18.0. The number of amides is 1. The van der Waals surface area contributed by atoms with Crippen LogP contribution in [0.4, 0.5) is 5.69 Å². The van der Waals surface area contributed by atoms with E-state index in [1.54, 1.807) is 25.3 Å². The molecular weight excluding hydrogens is 376 g/mol. The molecule has 5 nitrogen and oxygen atoms in total. The van der Waals surface area contributed by atoms with Crippen molar-refractivity contribution < 1.29 is 14.3 Å². The highest BCUT2D eigenvalue weighted by Crippen LogP contribution is 2.34. The Hall–Kier alpha value is -3.52. The Morgan fingerprint density at radius 2 is 2.07 bits per heavy atom. The lowest BCUT2D eigenvalue weighted by molar-refractivity contribution is -0.112. The van der Waals surface area contributed by atoms with Crippen LogP contribution in [-0.4, -0.2) is 19.6 Å². The van der Waals surface area contributed by atoms with Gasteiger partial charge >= 0.3 is 0 Å². The first-order valence-electron chi connectivity index (χ1n) is 9.89. The Morgan fingerprint density at radius 1 is 1.30 bits per heavy atom. The molecule has 2 aromatic rings. The number of aryl methyl sites for hydroxylation is 1. The molecule has 0 radical (unpaired) electrons. The summed E-state index contributed by atoms with van der Waals surface area (Å²) >= 11 is 0. The average Bonchev–Trinajstić information content (AvgIpc) is 2.74. The monoisotopic (exact) mass is 404 g/mol. The number of rotatable bonds is 9. The smallest absolute Gasteiger partial charge is 0.266 e. The van der Waals surface area contributed by atoms with E-state index in [9.17, 15) is 10.1 Å². The van der Waals surface area contributed by atoms with Crippen molar-refractivity contribution in [2.75, 3.05) is 19.0 Å². The summed E-state index contributed by atoms with van der Waals surface area (Å²) in [5.74, 6) is 0.762. The number of anilines is 1. The van der Waals surface area contributed by atoms with Crippen molar-refractivity contribution in [3.63, 3.8) is 0 Å². The Bertz CT molecular complexity index is 1000. The Labute approximate surface area is 178 Å². The number of hydrogen-bond donors (Lipinski definition) is 1. The molecule has 156 valence electrons. The second-order valence-electron chi connectivity index (χ2n) is 6.92. The molecule has 0 heterocycles. The van der Waals surface area contributed by atoms with Gasteiger partial charge in [0.25, 0.3) is 5.91 Å². The zero-order chi connectivity index (χ0) is 22.1. The summed E-state index contributed by atoms with van der Waals surface area (Å²) in [4.78, 5) is 12.7. The number of hydrogen-bond acceptors (Lipinski definition) is 4. The van der Waals surface area contributed by atoms with Crippen LogP contribution in [0.3, 0.4) is 0 Å². The summed E-state index contributed by atoms with van der Waals surface area (Å²) in [5, 5.41) is 12.4. The van der Waals surface area contributed by atoms with Crippen LogP contribution in [-0.2, 0) is 11.2 Å². The number of ether oxygens (including phenoxy) is 2. The highest BCUT2D eigenvalue weighted by Gasteiger charge is 2.15. The molecule has 0 saturated carbocycles. The van der Waals surface area contributed by atoms with Crippen LogP contribution in [0.2, 0.25) is 0 Å². The van der Waals surface area contributed by atoms with E-state index in [4.69, 9.17) is 9.47 Å². The van der Waals surface area contributed by atoms with E-state index in [1.165, 1.54) is 0 Å². The van der Waals surface area contributed by atoms with Gasteiger partial charge in [0.2, 0.25) is 0 Å². The Balaban J connectivity index is 2.41. The standard InChI is InChI=1S/C25H28N2O3/c1-6-9-20-13-19(15-23(29-5)24(20)30-12-7-2)14-21(16-26)25(28)27-22-11-8-10-17(3)18(22)4/h6,8,10-11,13-15H,1,7,9,12H2,2-5H3,(H,27,28)/b21-14+. The van der Waals surface area contributed by atoms with E-state index in [2.05, 4.69) is 11.9 Å². The van der Waals surface area contributed by atoms with Gasteiger partial charge in [0, 0.05) is 11.3 Å².